The molecule has 0 spiro atoms. The van der Waals surface area contributed by atoms with Gasteiger partial charge in [0.15, 0.2) is 0 Å². The van der Waals surface area contributed by atoms with E-state index < -0.39 is 12.0 Å². The van der Waals surface area contributed by atoms with Gasteiger partial charge >= 0.3 is 5.97 Å². The van der Waals surface area contributed by atoms with Crippen LogP contribution in [0.3, 0.4) is 0 Å². The fraction of sp³-hybridized carbons (Fsp3) is 0.667. The van der Waals surface area contributed by atoms with Gasteiger partial charge in [-0.3, -0.25) is 9.69 Å². The molecule has 0 heterocycles. The van der Waals surface area contributed by atoms with E-state index in [0.29, 0.717) is 5.75 Å². The van der Waals surface area contributed by atoms with E-state index in [1.54, 1.807) is 18.7 Å². The van der Waals surface area contributed by atoms with Crippen molar-refractivity contribution in [2.24, 2.45) is 0 Å². The summed E-state index contributed by atoms with van der Waals surface area (Å²) < 4.78 is 0. The normalized spacial score (nSPS) is 13.9. The van der Waals surface area contributed by atoms with Gasteiger partial charge in [0.25, 0.3) is 0 Å². The molecule has 1 rings (SSSR count). The molecule has 0 amide bonds. The van der Waals surface area contributed by atoms with Crippen molar-refractivity contribution in [3.05, 3.63) is 23.3 Å². The number of carboxylic acids is 1. The lowest BCUT2D eigenvalue weighted by Crippen LogP contribution is -2.36. The molecule has 0 saturated carbocycles. The number of rotatable bonds is 7. The molecule has 0 aliphatic carbocycles. The summed E-state index contributed by atoms with van der Waals surface area (Å²) in [5, 5.41) is 19.8. The second-order valence-corrected chi connectivity index (χ2v) is 10.2. The molecule has 1 aromatic carbocycles. The van der Waals surface area contributed by atoms with Gasteiger partial charge in [0.2, 0.25) is 0 Å². The number of phenols is 1. The fourth-order valence-corrected chi connectivity index (χ4v) is 3.63. The lowest BCUT2D eigenvalue weighted by molar-refractivity contribution is -0.142. The van der Waals surface area contributed by atoms with Gasteiger partial charge in [-0.1, -0.05) is 41.5 Å². The number of carboxylic acid groups (broad SMARTS) is 1. The third-order valence-corrected chi connectivity index (χ3v) is 5.70. The van der Waals surface area contributed by atoms with Gasteiger partial charge in [-0.2, -0.15) is 0 Å². The Morgan fingerprint density at radius 3 is 1.96 bits per heavy atom. The van der Waals surface area contributed by atoms with Gasteiger partial charge in [-0.25, -0.2) is 0 Å². The number of phenolic OH excluding ortho intramolecular Hbond substituents is 1. The zero-order valence-corrected chi connectivity index (χ0v) is 18.3. The van der Waals surface area contributed by atoms with E-state index in [2.05, 4.69) is 53.7 Å². The number of benzene rings is 1. The minimum atomic E-state index is -0.789. The Hall–Kier alpha value is -1.20. The zero-order valence-electron chi connectivity index (χ0n) is 17.5. The van der Waals surface area contributed by atoms with E-state index in [4.69, 9.17) is 5.11 Å². The number of hydrogen-bond donors (Lipinski definition) is 2. The van der Waals surface area contributed by atoms with Crippen molar-refractivity contribution in [2.45, 2.75) is 76.7 Å². The summed E-state index contributed by atoms with van der Waals surface area (Å²) in [5.41, 5.74) is 1.70. The summed E-state index contributed by atoms with van der Waals surface area (Å²) in [4.78, 5) is 14.0. The van der Waals surface area contributed by atoms with Gasteiger partial charge in [0.05, 0.1) is 0 Å². The quantitative estimate of drug-likeness (QED) is 0.521. The number of aliphatic carboxylic acids is 1. The predicted octanol–water partition coefficient (Wildman–Crippen LogP) is 4.87. The van der Waals surface area contributed by atoms with Crippen molar-refractivity contribution < 1.29 is 15.0 Å². The minimum Gasteiger partial charge on any atom is -0.507 e. The largest absolute Gasteiger partial charge is 0.507 e. The minimum absolute atomic E-state index is 0.127. The highest BCUT2D eigenvalue weighted by atomic mass is 32.2. The Morgan fingerprint density at radius 2 is 1.58 bits per heavy atom. The number of likely N-dealkylation sites (N-methyl/N-ethyl adjacent to an activating group) is 1. The van der Waals surface area contributed by atoms with Crippen LogP contribution >= 0.6 is 11.8 Å². The summed E-state index contributed by atoms with van der Waals surface area (Å²) in [6.45, 7) is 15.2. The molecule has 4 nitrogen and oxygen atoms in total. The summed E-state index contributed by atoms with van der Waals surface area (Å²) in [6, 6.07) is 3.73. The van der Waals surface area contributed by atoms with Crippen molar-refractivity contribution in [2.75, 3.05) is 19.3 Å². The Kier molecular flexibility index (Phi) is 7.61. The molecule has 148 valence electrons. The highest BCUT2D eigenvalue weighted by Gasteiger charge is 2.26. The molecule has 0 fully saturated rings. The van der Waals surface area contributed by atoms with Crippen molar-refractivity contribution in [1.29, 1.82) is 0 Å². The van der Waals surface area contributed by atoms with E-state index in [-0.39, 0.29) is 10.8 Å². The molecule has 0 aliphatic rings. The van der Waals surface area contributed by atoms with Gasteiger partial charge in [-0.15, -0.1) is 11.8 Å². The molecule has 26 heavy (non-hydrogen) atoms. The maximum atomic E-state index is 11.0. The zero-order chi connectivity index (χ0) is 20.3. The first-order valence-corrected chi connectivity index (χ1v) is 10.2. The van der Waals surface area contributed by atoms with E-state index in [1.165, 1.54) is 0 Å². The number of carbonyl (C=O) groups is 1. The maximum Gasteiger partial charge on any atom is 0.320 e. The molecule has 1 aromatic rings. The van der Waals surface area contributed by atoms with Gasteiger partial charge in [-0.05, 0) is 55.7 Å². The van der Waals surface area contributed by atoms with Crippen LogP contribution in [-0.2, 0) is 15.6 Å². The molecule has 0 radical (unpaired) electrons. The first-order valence-electron chi connectivity index (χ1n) is 9.19. The van der Waals surface area contributed by atoms with Crippen LogP contribution in [0, 0.1) is 0 Å². The van der Waals surface area contributed by atoms with E-state index in [0.717, 1.165) is 34.7 Å². The lowest BCUT2D eigenvalue weighted by Gasteiger charge is -2.28. The summed E-state index contributed by atoms with van der Waals surface area (Å²) >= 11 is 1.77. The second kappa shape index (κ2) is 8.66. The molecule has 0 aromatic heterocycles. The molecule has 1 unspecified atom stereocenters. The smallest absolute Gasteiger partial charge is 0.320 e. The standard InChI is InChI=1S/C21H35NO3S/c1-14(19(24)25)22(8)10-9-11-26-15-12-16(20(2,3)4)18(23)17(13-15)21(5,6)7/h12-14,23H,9-11H2,1-8H3,(H,24,25). The first kappa shape index (κ1) is 22.8. The maximum absolute atomic E-state index is 11.0. The Morgan fingerprint density at radius 1 is 1.12 bits per heavy atom. The van der Waals surface area contributed by atoms with Gasteiger partial charge in [0, 0.05) is 16.0 Å². The monoisotopic (exact) mass is 381 g/mol. The number of nitrogens with zero attached hydrogens (tertiary/aromatic N) is 1. The summed E-state index contributed by atoms with van der Waals surface area (Å²) in [6.07, 6.45) is 0.912. The average Bonchev–Trinajstić information content (AvgIpc) is 2.49. The number of thioether (sulfide) groups is 1. The molecule has 5 heteroatoms. The molecule has 1 atom stereocenters. The van der Waals surface area contributed by atoms with E-state index in [1.807, 2.05) is 11.9 Å². The van der Waals surface area contributed by atoms with E-state index in [9.17, 15) is 9.90 Å². The fourth-order valence-electron chi connectivity index (χ4n) is 2.72. The van der Waals surface area contributed by atoms with Crippen molar-refractivity contribution in [1.82, 2.24) is 4.90 Å². The molecule has 0 bridgehead atoms. The molecule has 2 N–H and O–H groups in total. The summed E-state index contributed by atoms with van der Waals surface area (Å²) in [7, 11) is 1.85. The average molecular weight is 382 g/mol. The van der Waals surface area contributed by atoms with Crippen LogP contribution in [0.1, 0.15) is 66.0 Å². The van der Waals surface area contributed by atoms with Crippen LogP contribution in [0.2, 0.25) is 0 Å². The number of aromatic hydroxyl groups is 1. The van der Waals surface area contributed by atoms with Crippen LogP contribution in [0.5, 0.6) is 5.75 Å². The molecule has 0 aliphatic heterocycles. The van der Waals surface area contributed by atoms with Gasteiger partial charge < -0.3 is 10.2 Å². The first-order chi connectivity index (χ1) is 11.7. The topological polar surface area (TPSA) is 60.8 Å². The number of hydrogen-bond acceptors (Lipinski definition) is 4. The Balaban J connectivity index is 2.89. The van der Waals surface area contributed by atoms with Crippen LogP contribution in [0.4, 0.5) is 0 Å². The van der Waals surface area contributed by atoms with E-state index >= 15 is 0 Å². The highest BCUT2D eigenvalue weighted by molar-refractivity contribution is 7.99. The molecule has 0 saturated heterocycles. The van der Waals surface area contributed by atoms with Crippen LogP contribution in [0.25, 0.3) is 0 Å². The van der Waals surface area contributed by atoms with Crippen molar-refractivity contribution in [3.63, 3.8) is 0 Å². The third kappa shape index (κ3) is 6.20. The Labute approximate surface area is 163 Å². The van der Waals surface area contributed by atoms with Crippen LogP contribution < -0.4 is 0 Å². The SMILES string of the molecule is CC(C(=O)O)N(C)CCCSc1cc(C(C)(C)C)c(O)c(C(C)(C)C)c1. The third-order valence-electron chi connectivity index (χ3n) is 4.64. The molecular formula is C21H35NO3S. The van der Waals surface area contributed by atoms with Crippen LogP contribution in [-0.4, -0.2) is 46.5 Å². The highest BCUT2D eigenvalue weighted by Crippen LogP contribution is 2.41. The predicted molar refractivity (Wildman–Crippen MR) is 111 cm³/mol. The molecular weight excluding hydrogens is 346 g/mol. The Bertz CT molecular complexity index is 594. The van der Waals surface area contributed by atoms with Crippen LogP contribution in [0.15, 0.2) is 17.0 Å². The lowest BCUT2D eigenvalue weighted by atomic mass is 9.79. The second-order valence-electron chi connectivity index (χ2n) is 9.06. The van der Waals surface area contributed by atoms with Crippen molar-refractivity contribution >= 4 is 17.7 Å². The van der Waals surface area contributed by atoms with Gasteiger partial charge in [0.1, 0.15) is 11.8 Å². The van der Waals surface area contributed by atoms with Crippen molar-refractivity contribution in [3.8, 4) is 5.75 Å². The summed E-state index contributed by atoms with van der Waals surface area (Å²) in [5.74, 6) is 0.530.